The largest absolute Gasteiger partial charge is 0.310 e. The van der Waals surface area contributed by atoms with Crippen LogP contribution in [0.25, 0.3) is 0 Å². The van der Waals surface area contributed by atoms with E-state index in [0.29, 0.717) is 11.4 Å². The molecule has 0 fully saturated rings. The molecule has 21 heavy (non-hydrogen) atoms. The van der Waals surface area contributed by atoms with Gasteiger partial charge in [-0.05, 0) is 54.8 Å². The van der Waals surface area contributed by atoms with Crippen LogP contribution in [-0.2, 0) is 6.42 Å². The smallest absolute Gasteiger partial charge is 0.123 e. The summed E-state index contributed by atoms with van der Waals surface area (Å²) in [7, 11) is 0. The van der Waals surface area contributed by atoms with Crippen LogP contribution in [0.15, 0.2) is 36.4 Å². The maximum atomic E-state index is 13.4. The van der Waals surface area contributed by atoms with E-state index in [0.717, 1.165) is 28.3 Å². The minimum Gasteiger partial charge on any atom is -0.310 e. The summed E-state index contributed by atoms with van der Waals surface area (Å²) in [5.41, 5.74) is 2.82. The van der Waals surface area contributed by atoms with Crippen molar-refractivity contribution >= 4 is 23.2 Å². The van der Waals surface area contributed by atoms with E-state index in [4.69, 9.17) is 23.2 Å². The molecule has 0 aliphatic rings. The van der Waals surface area contributed by atoms with Gasteiger partial charge in [0, 0.05) is 16.1 Å². The van der Waals surface area contributed by atoms with Gasteiger partial charge in [0.1, 0.15) is 5.82 Å². The summed E-state index contributed by atoms with van der Waals surface area (Å²) in [6, 6.07) is 10.4. The number of hydrogen-bond donors (Lipinski definition) is 1. The quantitative estimate of drug-likeness (QED) is 0.782. The molecule has 0 aliphatic carbocycles. The molecule has 2 aromatic carbocycles. The summed E-state index contributed by atoms with van der Waals surface area (Å²) in [5.74, 6) is -0.278. The van der Waals surface area contributed by atoms with Gasteiger partial charge >= 0.3 is 0 Å². The molecular weight excluding hydrogens is 308 g/mol. The molecule has 0 aliphatic heterocycles. The molecule has 0 radical (unpaired) electrons. The minimum atomic E-state index is -0.278. The maximum absolute atomic E-state index is 13.4. The summed E-state index contributed by atoms with van der Waals surface area (Å²) < 4.78 is 13.4. The van der Waals surface area contributed by atoms with Gasteiger partial charge in [-0.2, -0.15) is 0 Å². The monoisotopic (exact) mass is 325 g/mol. The van der Waals surface area contributed by atoms with Gasteiger partial charge in [-0.1, -0.05) is 48.3 Å². The fraction of sp³-hybridized carbons (Fsp3) is 0.294. The molecule has 1 unspecified atom stereocenters. The lowest BCUT2D eigenvalue weighted by atomic mass is 9.97. The topological polar surface area (TPSA) is 12.0 Å². The second-order valence-corrected chi connectivity index (χ2v) is 5.81. The predicted molar refractivity (Wildman–Crippen MR) is 87.7 cm³/mol. The van der Waals surface area contributed by atoms with Gasteiger partial charge in [-0.3, -0.25) is 0 Å². The van der Waals surface area contributed by atoms with Crippen LogP contribution in [0.4, 0.5) is 4.39 Å². The number of benzene rings is 2. The van der Waals surface area contributed by atoms with Crippen LogP contribution in [0, 0.1) is 12.7 Å². The molecule has 0 heterocycles. The highest BCUT2D eigenvalue weighted by molar-refractivity contribution is 6.32. The fourth-order valence-corrected chi connectivity index (χ4v) is 2.85. The number of aryl methyl sites for hydroxylation is 1. The van der Waals surface area contributed by atoms with Crippen molar-refractivity contribution in [2.75, 3.05) is 6.54 Å². The third kappa shape index (κ3) is 3.97. The summed E-state index contributed by atoms with van der Waals surface area (Å²) in [4.78, 5) is 0. The van der Waals surface area contributed by atoms with Crippen LogP contribution in [-0.4, -0.2) is 6.54 Å². The first-order valence-electron chi connectivity index (χ1n) is 6.95. The number of halogens is 3. The first kappa shape index (κ1) is 16.3. The Bertz CT molecular complexity index is 628. The van der Waals surface area contributed by atoms with Crippen molar-refractivity contribution in [1.82, 2.24) is 5.32 Å². The van der Waals surface area contributed by atoms with Crippen LogP contribution >= 0.6 is 23.2 Å². The number of nitrogens with one attached hydrogen (secondary N) is 1. The van der Waals surface area contributed by atoms with E-state index in [1.54, 1.807) is 6.07 Å². The minimum absolute atomic E-state index is 0.00157. The third-order valence-corrected chi connectivity index (χ3v) is 4.36. The second kappa shape index (κ2) is 7.26. The Hall–Kier alpha value is -1.09. The van der Waals surface area contributed by atoms with Crippen LogP contribution in [0.2, 0.25) is 10.0 Å². The Kier molecular flexibility index (Phi) is 5.63. The Balaban J connectivity index is 2.35. The highest BCUT2D eigenvalue weighted by Crippen LogP contribution is 2.30. The van der Waals surface area contributed by atoms with E-state index in [2.05, 4.69) is 5.32 Å². The van der Waals surface area contributed by atoms with Gasteiger partial charge in [-0.15, -0.1) is 0 Å². The van der Waals surface area contributed by atoms with Crippen molar-refractivity contribution in [3.8, 4) is 0 Å². The van der Waals surface area contributed by atoms with Crippen molar-refractivity contribution in [2.24, 2.45) is 0 Å². The zero-order valence-electron chi connectivity index (χ0n) is 12.1. The molecular formula is C17H18Cl2FN. The molecule has 4 heteroatoms. The zero-order chi connectivity index (χ0) is 15.4. The molecule has 1 atom stereocenters. The summed E-state index contributed by atoms with van der Waals surface area (Å²) in [6.07, 6.45) is 0.591. The average molecular weight is 326 g/mol. The highest BCUT2D eigenvalue weighted by atomic mass is 35.5. The molecule has 1 N–H and O–H groups in total. The molecule has 1 nitrogen and oxygen atoms in total. The normalized spacial score (nSPS) is 12.4. The van der Waals surface area contributed by atoms with Crippen molar-refractivity contribution in [3.63, 3.8) is 0 Å². The van der Waals surface area contributed by atoms with Gasteiger partial charge in [0.15, 0.2) is 0 Å². The van der Waals surface area contributed by atoms with Gasteiger partial charge < -0.3 is 5.32 Å². The van der Waals surface area contributed by atoms with Crippen LogP contribution in [0.3, 0.4) is 0 Å². The van der Waals surface area contributed by atoms with Crippen LogP contribution < -0.4 is 5.32 Å². The van der Waals surface area contributed by atoms with E-state index < -0.39 is 0 Å². The van der Waals surface area contributed by atoms with Crippen LogP contribution in [0.5, 0.6) is 0 Å². The third-order valence-electron chi connectivity index (χ3n) is 3.48. The van der Waals surface area contributed by atoms with E-state index in [-0.39, 0.29) is 11.9 Å². The van der Waals surface area contributed by atoms with Crippen molar-refractivity contribution in [1.29, 1.82) is 0 Å². The maximum Gasteiger partial charge on any atom is 0.123 e. The molecule has 112 valence electrons. The van der Waals surface area contributed by atoms with Gasteiger partial charge in [0.05, 0.1) is 0 Å². The summed E-state index contributed by atoms with van der Waals surface area (Å²) in [6.45, 7) is 4.80. The van der Waals surface area contributed by atoms with E-state index in [1.165, 1.54) is 12.1 Å². The molecule has 2 aromatic rings. The lowest BCUT2D eigenvalue weighted by molar-refractivity contribution is 0.546. The standard InChI is InChI=1S/C17H18Cl2FN/c1-3-21-16(14-6-4-5-11(2)17(14)19)10-12-9-13(20)7-8-15(12)18/h4-9,16,21H,3,10H2,1-2H3. The van der Waals surface area contributed by atoms with Gasteiger partial charge in [0.25, 0.3) is 0 Å². The first-order valence-corrected chi connectivity index (χ1v) is 7.70. The summed E-state index contributed by atoms with van der Waals surface area (Å²) >= 11 is 12.6. The van der Waals surface area contributed by atoms with E-state index >= 15 is 0 Å². The van der Waals surface area contributed by atoms with Crippen molar-refractivity contribution < 1.29 is 4.39 Å². The Morgan fingerprint density at radius 3 is 2.67 bits per heavy atom. The number of likely N-dealkylation sites (N-methyl/N-ethyl adjacent to an activating group) is 1. The second-order valence-electron chi connectivity index (χ2n) is 5.03. The zero-order valence-corrected chi connectivity index (χ0v) is 13.6. The van der Waals surface area contributed by atoms with Gasteiger partial charge in [0.2, 0.25) is 0 Å². The Labute approximate surface area is 135 Å². The number of hydrogen-bond acceptors (Lipinski definition) is 1. The van der Waals surface area contributed by atoms with Crippen molar-refractivity contribution in [3.05, 3.63) is 69.0 Å². The average Bonchev–Trinajstić information content (AvgIpc) is 2.45. The number of rotatable bonds is 5. The van der Waals surface area contributed by atoms with Crippen molar-refractivity contribution in [2.45, 2.75) is 26.3 Å². The van der Waals surface area contributed by atoms with E-state index in [1.807, 2.05) is 32.0 Å². The molecule has 2 rings (SSSR count). The predicted octanol–water partition coefficient (Wildman–Crippen LogP) is 5.33. The highest BCUT2D eigenvalue weighted by Gasteiger charge is 2.17. The molecule has 0 saturated heterocycles. The molecule has 0 aromatic heterocycles. The molecule has 0 spiro atoms. The molecule has 0 saturated carbocycles. The Morgan fingerprint density at radius 2 is 1.95 bits per heavy atom. The Morgan fingerprint density at radius 1 is 1.19 bits per heavy atom. The first-order chi connectivity index (χ1) is 10.0. The lowest BCUT2D eigenvalue weighted by Gasteiger charge is -2.21. The van der Waals surface area contributed by atoms with Crippen LogP contribution in [0.1, 0.15) is 29.7 Å². The van der Waals surface area contributed by atoms with E-state index in [9.17, 15) is 4.39 Å². The molecule has 0 amide bonds. The lowest BCUT2D eigenvalue weighted by Crippen LogP contribution is -2.23. The van der Waals surface area contributed by atoms with Gasteiger partial charge in [-0.25, -0.2) is 4.39 Å². The summed E-state index contributed by atoms with van der Waals surface area (Å²) in [5, 5.41) is 4.72. The fourth-order valence-electron chi connectivity index (χ4n) is 2.40. The SMILES string of the molecule is CCNC(Cc1cc(F)ccc1Cl)c1cccc(C)c1Cl. The molecule has 0 bridgehead atoms.